The van der Waals surface area contributed by atoms with Crippen LogP contribution in [0.2, 0.25) is 0 Å². The van der Waals surface area contributed by atoms with Crippen LogP contribution in [-0.4, -0.2) is 16.1 Å². The molecule has 0 saturated carbocycles. The van der Waals surface area contributed by atoms with Gasteiger partial charge in [0.25, 0.3) is 0 Å². The molecule has 16 heavy (non-hydrogen) atoms. The minimum Gasteiger partial charge on any atom is -0.478 e. The number of carboxylic acids is 1. The number of aryl methyl sites for hydroxylation is 1. The zero-order valence-corrected chi connectivity index (χ0v) is 8.60. The van der Waals surface area contributed by atoms with Gasteiger partial charge in [-0.2, -0.15) is 0 Å². The average Bonchev–Trinajstić information content (AvgIpc) is 2.63. The molecule has 0 aliphatic heterocycles. The molecule has 5 heteroatoms. The highest BCUT2D eigenvalue weighted by Crippen LogP contribution is 2.27. The number of rotatable bonds is 2. The first-order chi connectivity index (χ1) is 7.59. The number of carboxylic acid groups (broad SMARTS) is 1. The van der Waals surface area contributed by atoms with Crippen molar-refractivity contribution in [2.75, 3.05) is 5.73 Å². The van der Waals surface area contributed by atoms with Crippen molar-refractivity contribution in [3.8, 4) is 11.3 Å². The maximum atomic E-state index is 11.1. The zero-order chi connectivity index (χ0) is 11.7. The minimum atomic E-state index is -1.12. The highest BCUT2D eigenvalue weighted by atomic mass is 16.4. The summed E-state index contributed by atoms with van der Waals surface area (Å²) in [5.41, 5.74) is 5.94. The Morgan fingerprint density at radius 1 is 1.44 bits per heavy atom. The van der Waals surface area contributed by atoms with E-state index in [0.717, 1.165) is 0 Å². The lowest BCUT2D eigenvalue weighted by Gasteiger charge is -2.04. The van der Waals surface area contributed by atoms with Crippen LogP contribution in [0.3, 0.4) is 0 Å². The number of nitrogen functional groups attached to an aromatic ring is 1. The second-order valence-electron chi connectivity index (χ2n) is 3.33. The van der Waals surface area contributed by atoms with Crippen molar-refractivity contribution in [3.05, 3.63) is 35.7 Å². The van der Waals surface area contributed by atoms with E-state index in [1.54, 1.807) is 25.1 Å². The van der Waals surface area contributed by atoms with Gasteiger partial charge in [0.1, 0.15) is 22.9 Å². The first-order valence-electron chi connectivity index (χ1n) is 4.64. The van der Waals surface area contributed by atoms with Crippen LogP contribution < -0.4 is 5.73 Å². The van der Waals surface area contributed by atoms with E-state index in [0.29, 0.717) is 17.1 Å². The van der Waals surface area contributed by atoms with E-state index >= 15 is 0 Å². The van der Waals surface area contributed by atoms with Crippen LogP contribution in [-0.2, 0) is 0 Å². The van der Waals surface area contributed by atoms with Gasteiger partial charge in [-0.05, 0) is 25.1 Å². The summed E-state index contributed by atoms with van der Waals surface area (Å²) in [4.78, 5) is 14.8. The van der Waals surface area contributed by atoms with Crippen molar-refractivity contribution < 1.29 is 14.3 Å². The summed E-state index contributed by atoms with van der Waals surface area (Å²) in [7, 11) is 0. The molecule has 3 N–H and O–H groups in total. The minimum absolute atomic E-state index is 0.0148. The van der Waals surface area contributed by atoms with E-state index in [4.69, 9.17) is 15.3 Å². The van der Waals surface area contributed by atoms with Crippen LogP contribution in [0.25, 0.3) is 11.3 Å². The lowest BCUT2D eigenvalue weighted by Crippen LogP contribution is -2.06. The molecule has 0 saturated heterocycles. The number of aromatic carboxylic acids is 1. The van der Waals surface area contributed by atoms with Crippen molar-refractivity contribution in [3.63, 3.8) is 0 Å². The summed E-state index contributed by atoms with van der Waals surface area (Å²) < 4.78 is 5.37. The highest BCUT2D eigenvalue weighted by Gasteiger charge is 2.17. The molecule has 2 heterocycles. The summed E-state index contributed by atoms with van der Waals surface area (Å²) >= 11 is 0. The van der Waals surface area contributed by atoms with Gasteiger partial charge in [-0.1, -0.05) is 0 Å². The molecule has 0 fully saturated rings. The number of pyridine rings is 1. The first kappa shape index (κ1) is 10.2. The fourth-order valence-electron chi connectivity index (χ4n) is 1.49. The van der Waals surface area contributed by atoms with Crippen molar-refractivity contribution >= 4 is 11.8 Å². The fraction of sp³-hybridized carbons (Fsp3) is 0.0909. The lowest BCUT2D eigenvalue weighted by molar-refractivity contribution is 0.0698. The Labute approximate surface area is 91.5 Å². The van der Waals surface area contributed by atoms with Crippen LogP contribution in [0.4, 0.5) is 5.82 Å². The average molecular weight is 218 g/mol. The number of aromatic nitrogens is 1. The van der Waals surface area contributed by atoms with Gasteiger partial charge in [0.15, 0.2) is 0 Å². The standard InChI is InChI=1S/C11H10N2O3/c1-6-2-3-8(16-6)7-4-5-13-10(12)9(7)11(14)15/h2-5H,1H3,(H2,12,13)(H,14,15). The molecular formula is C11H10N2O3. The molecule has 82 valence electrons. The molecule has 0 aliphatic carbocycles. The molecule has 2 aromatic rings. The predicted octanol–water partition coefficient (Wildman–Crippen LogP) is 1.93. The molecule has 2 rings (SSSR count). The Morgan fingerprint density at radius 3 is 2.75 bits per heavy atom. The summed E-state index contributed by atoms with van der Waals surface area (Å²) in [5, 5.41) is 9.05. The normalized spacial score (nSPS) is 10.3. The maximum absolute atomic E-state index is 11.1. The van der Waals surface area contributed by atoms with Gasteiger partial charge in [-0.25, -0.2) is 9.78 Å². The SMILES string of the molecule is Cc1ccc(-c2ccnc(N)c2C(=O)O)o1. The molecule has 0 amide bonds. The monoisotopic (exact) mass is 218 g/mol. The molecule has 0 aliphatic rings. The number of nitrogens with zero attached hydrogens (tertiary/aromatic N) is 1. The highest BCUT2D eigenvalue weighted by molar-refractivity contribution is 5.99. The van der Waals surface area contributed by atoms with E-state index in [1.165, 1.54) is 6.20 Å². The second kappa shape index (κ2) is 3.69. The fourth-order valence-corrected chi connectivity index (χ4v) is 1.49. The number of anilines is 1. The molecule has 2 aromatic heterocycles. The van der Waals surface area contributed by atoms with Gasteiger partial charge in [0, 0.05) is 11.8 Å². The molecule has 0 bridgehead atoms. The summed E-state index contributed by atoms with van der Waals surface area (Å²) in [6, 6.07) is 5.03. The molecule has 0 radical (unpaired) electrons. The molecule has 0 unspecified atom stereocenters. The smallest absolute Gasteiger partial charge is 0.340 e. The Hall–Kier alpha value is -2.30. The topological polar surface area (TPSA) is 89.3 Å². The maximum Gasteiger partial charge on any atom is 0.340 e. The summed E-state index contributed by atoms with van der Waals surface area (Å²) in [5.74, 6) is 0.0550. The van der Waals surface area contributed by atoms with Crippen LogP contribution in [0.15, 0.2) is 28.8 Å². The lowest BCUT2D eigenvalue weighted by atomic mass is 10.1. The van der Waals surface area contributed by atoms with Gasteiger partial charge in [-0.15, -0.1) is 0 Å². The largest absolute Gasteiger partial charge is 0.478 e. The number of nitrogens with two attached hydrogens (primary N) is 1. The van der Waals surface area contributed by atoms with Gasteiger partial charge in [0.2, 0.25) is 0 Å². The Balaban J connectivity index is 2.65. The van der Waals surface area contributed by atoms with Crippen LogP contribution in [0.5, 0.6) is 0 Å². The zero-order valence-electron chi connectivity index (χ0n) is 8.60. The predicted molar refractivity (Wildman–Crippen MR) is 58.0 cm³/mol. The van der Waals surface area contributed by atoms with Crippen molar-refractivity contribution in [1.82, 2.24) is 4.98 Å². The van der Waals surface area contributed by atoms with Crippen LogP contribution in [0, 0.1) is 6.92 Å². The molecule has 5 nitrogen and oxygen atoms in total. The van der Waals surface area contributed by atoms with Crippen LogP contribution in [0.1, 0.15) is 16.1 Å². The van der Waals surface area contributed by atoms with E-state index in [9.17, 15) is 4.79 Å². The number of carbonyl (C=O) groups is 1. The summed E-state index contributed by atoms with van der Waals surface area (Å²) in [6.07, 6.45) is 1.45. The third kappa shape index (κ3) is 1.63. The summed E-state index contributed by atoms with van der Waals surface area (Å²) in [6.45, 7) is 1.79. The number of furan rings is 1. The van der Waals surface area contributed by atoms with Gasteiger partial charge >= 0.3 is 5.97 Å². The van der Waals surface area contributed by atoms with Gasteiger partial charge in [0.05, 0.1) is 0 Å². The molecular weight excluding hydrogens is 208 g/mol. The number of hydrogen-bond acceptors (Lipinski definition) is 4. The van der Waals surface area contributed by atoms with E-state index < -0.39 is 5.97 Å². The molecule has 0 aromatic carbocycles. The quantitative estimate of drug-likeness (QED) is 0.803. The third-order valence-electron chi connectivity index (χ3n) is 2.20. The van der Waals surface area contributed by atoms with Crippen LogP contribution >= 0.6 is 0 Å². The first-order valence-corrected chi connectivity index (χ1v) is 4.64. The molecule has 0 atom stereocenters. The number of hydrogen-bond donors (Lipinski definition) is 2. The van der Waals surface area contributed by atoms with Gasteiger partial charge in [-0.3, -0.25) is 0 Å². The van der Waals surface area contributed by atoms with E-state index in [1.807, 2.05) is 0 Å². The van der Waals surface area contributed by atoms with E-state index in [-0.39, 0.29) is 11.4 Å². The molecule has 0 spiro atoms. The Morgan fingerprint density at radius 2 is 2.19 bits per heavy atom. The van der Waals surface area contributed by atoms with Crippen molar-refractivity contribution in [2.45, 2.75) is 6.92 Å². The van der Waals surface area contributed by atoms with E-state index in [2.05, 4.69) is 4.98 Å². The van der Waals surface area contributed by atoms with Crippen molar-refractivity contribution in [1.29, 1.82) is 0 Å². The second-order valence-corrected chi connectivity index (χ2v) is 3.33. The van der Waals surface area contributed by atoms with Crippen molar-refractivity contribution in [2.24, 2.45) is 0 Å². The third-order valence-corrected chi connectivity index (χ3v) is 2.20. The Bertz CT molecular complexity index is 546. The Kier molecular flexibility index (Phi) is 2.36. The van der Waals surface area contributed by atoms with Gasteiger partial charge < -0.3 is 15.3 Å².